The molecule has 2 heterocycles. The molecule has 0 saturated carbocycles. The van der Waals surface area contributed by atoms with Crippen molar-refractivity contribution in [1.29, 1.82) is 0 Å². The Bertz CT molecular complexity index is 694. The molecule has 1 aliphatic heterocycles. The van der Waals surface area contributed by atoms with Crippen LogP contribution in [0.4, 0.5) is 5.82 Å². The number of hydrogen-bond acceptors (Lipinski definition) is 4. The Morgan fingerprint density at radius 2 is 1.81 bits per heavy atom. The molecular weight excluding hydrogens is 326 g/mol. The molecule has 6 nitrogen and oxygen atoms in total. The molecule has 0 amide bonds. The summed E-state index contributed by atoms with van der Waals surface area (Å²) in [5.41, 5.74) is 2.42. The fraction of sp³-hybridized carbons (Fsp3) is 0.400. The van der Waals surface area contributed by atoms with Crippen LogP contribution in [0.2, 0.25) is 0 Å². The monoisotopic (exact) mass is 353 g/mol. The minimum Gasteiger partial charge on any atom is -0.380 e. The van der Waals surface area contributed by atoms with Crippen molar-refractivity contribution in [3.05, 3.63) is 59.8 Å². The number of nitrogens with zero attached hydrogens (tertiary/aromatic N) is 4. The Morgan fingerprint density at radius 3 is 2.42 bits per heavy atom. The molecule has 1 N–H and O–H groups in total. The fourth-order valence-electron chi connectivity index (χ4n) is 3.12. The second-order valence-corrected chi connectivity index (χ2v) is 6.31. The Hall–Kier alpha value is -2.60. The van der Waals surface area contributed by atoms with E-state index in [1.807, 2.05) is 25.4 Å². The van der Waals surface area contributed by atoms with Crippen LogP contribution >= 0.6 is 0 Å². The molecule has 138 valence electrons. The highest BCUT2D eigenvalue weighted by atomic mass is 16.5. The highest BCUT2D eigenvalue weighted by molar-refractivity contribution is 5.80. The van der Waals surface area contributed by atoms with E-state index in [2.05, 4.69) is 55.4 Å². The van der Waals surface area contributed by atoms with Crippen molar-refractivity contribution in [3.8, 4) is 0 Å². The lowest BCUT2D eigenvalue weighted by Crippen LogP contribution is -2.52. The summed E-state index contributed by atoms with van der Waals surface area (Å²) in [7, 11) is 3.56. The normalized spacial score (nSPS) is 15.2. The van der Waals surface area contributed by atoms with Crippen LogP contribution in [-0.4, -0.2) is 56.2 Å². The summed E-state index contributed by atoms with van der Waals surface area (Å²) in [6, 6.07) is 14.5. The van der Waals surface area contributed by atoms with Gasteiger partial charge in [0.2, 0.25) is 0 Å². The van der Waals surface area contributed by atoms with Crippen LogP contribution in [-0.2, 0) is 17.9 Å². The van der Waals surface area contributed by atoms with E-state index < -0.39 is 0 Å². The molecule has 6 heteroatoms. The zero-order chi connectivity index (χ0) is 18.2. The predicted octanol–water partition coefficient (Wildman–Crippen LogP) is 2.13. The highest BCUT2D eigenvalue weighted by Crippen LogP contribution is 2.12. The van der Waals surface area contributed by atoms with Crippen molar-refractivity contribution < 1.29 is 4.74 Å². The topological polar surface area (TPSA) is 53.0 Å². The van der Waals surface area contributed by atoms with E-state index in [1.54, 1.807) is 7.11 Å². The largest absolute Gasteiger partial charge is 0.380 e. The van der Waals surface area contributed by atoms with Crippen LogP contribution in [0.25, 0.3) is 0 Å². The van der Waals surface area contributed by atoms with Gasteiger partial charge >= 0.3 is 0 Å². The number of aliphatic imine (C=N–C) groups is 1. The third-order valence-corrected chi connectivity index (χ3v) is 4.55. The van der Waals surface area contributed by atoms with Crippen molar-refractivity contribution in [1.82, 2.24) is 15.2 Å². The highest BCUT2D eigenvalue weighted by Gasteiger charge is 2.20. The summed E-state index contributed by atoms with van der Waals surface area (Å²) in [6.45, 7) is 5.18. The zero-order valence-corrected chi connectivity index (χ0v) is 15.6. The summed E-state index contributed by atoms with van der Waals surface area (Å²) < 4.78 is 5.15. The van der Waals surface area contributed by atoms with Gasteiger partial charge in [0.1, 0.15) is 5.82 Å². The number of benzene rings is 1. The van der Waals surface area contributed by atoms with Gasteiger partial charge < -0.3 is 19.9 Å². The van der Waals surface area contributed by atoms with Crippen LogP contribution in [0, 0.1) is 0 Å². The number of nitrogens with one attached hydrogen (secondary N) is 1. The first-order chi connectivity index (χ1) is 12.8. The molecule has 2 aromatic rings. The second-order valence-electron chi connectivity index (χ2n) is 6.31. The van der Waals surface area contributed by atoms with E-state index in [1.165, 1.54) is 11.1 Å². The molecule has 0 unspecified atom stereocenters. The molecule has 0 aliphatic carbocycles. The number of rotatable bonds is 5. The van der Waals surface area contributed by atoms with Gasteiger partial charge in [-0.3, -0.25) is 4.99 Å². The van der Waals surface area contributed by atoms with Crippen LogP contribution in [0.5, 0.6) is 0 Å². The molecule has 0 atom stereocenters. The maximum Gasteiger partial charge on any atom is 0.194 e. The predicted molar refractivity (Wildman–Crippen MR) is 105 cm³/mol. The molecule has 1 fully saturated rings. The maximum absolute atomic E-state index is 5.15. The van der Waals surface area contributed by atoms with Gasteiger partial charge in [-0.05, 0) is 23.3 Å². The summed E-state index contributed by atoms with van der Waals surface area (Å²) in [5, 5.41) is 3.47. The first kappa shape index (κ1) is 18.2. The molecule has 0 radical (unpaired) electrons. The lowest BCUT2D eigenvalue weighted by atomic mass is 10.1. The lowest BCUT2D eigenvalue weighted by molar-refractivity contribution is 0.185. The molecule has 3 rings (SSSR count). The van der Waals surface area contributed by atoms with Gasteiger partial charge in [0.25, 0.3) is 0 Å². The van der Waals surface area contributed by atoms with E-state index in [4.69, 9.17) is 4.74 Å². The van der Waals surface area contributed by atoms with Gasteiger partial charge in [-0.1, -0.05) is 30.3 Å². The van der Waals surface area contributed by atoms with E-state index in [0.717, 1.165) is 44.5 Å². The first-order valence-corrected chi connectivity index (χ1v) is 8.98. The molecule has 1 saturated heterocycles. The fourth-order valence-corrected chi connectivity index (χ4v) is 3.12. The lowest BCUT2D eigenvalue weighted by Gasteiger charge is -2.37. The minimum absolute atomic E-state index is 0.649. The average molecular weight is 353 g/mol. The summed E-state index contributed by atoms with van der Waals surface area (Å²) in [5.74, 6) is 2.00. The number of pyridine rings is 1. The Kier molecular flexibility index (Phi) is 6.44. The smallest absolute Gasteiger partial charge is 0.194 e. The Balaban J connectivity index is 1.50. The van der Waals surface area contributed by atoms with E-state index in [9.17, 15) is 0 Å². The number of hydrogen-bond donors (Lipinski definition) is 1. The first-order valence-electron chi connectivity index (χ1n) is 8.98. The van der Waals surface area contributed by atoms with Crippen molar-refractivity contribution in [2.24, 2.45) is 4.99 Å². The number of ether oxygens (including phenoxy) is 1. The van der Waals surface area contributed by atoms with Crippen LogP contribution < -0.4 is 10.2 Å². The van der Waals surface area contributed by atoms with Gasteiger partial charge in [-0.15, -0.1) is 0 Å². The number of guanidine groups is 1. The van der Waals surface area contributed by atoms with Gasteiger partial charge in [0.15, 0.2) is 5.96 Å². The zero-order valence-electron chi connectivity index (χ0n) is 15.6. The summed E-state index contributed by atoms with van der Waals surface area (Å²) >= 11 is 0. The summed E-state index contributed by atoms with van der Waals surface area (Å²) in [6.07, 6.45) is 1.85. The number of methoxy groups -OCH3 is 1. The van der Waals surface area contributed by atoms with Crippen molar-refractivity contribution in [2.45, 2.75) is 13.2 Å². The van der Waals surface area contributed by atoms with Crippen LogP contribution in [0.3, 0.4) is 0 Å². The van der Waals surface area contributed by atoms with E-state index >= 15 is 0 Å². The third-order valence-electron chi connectivity index (χ3n) is 4.55. The van der Waals surface area contributed by atoms with Crippen LogP contribution in [0.1, 0.15) is 11.1 Å². The van der Waals surface area contributed by atoms with Crippen LogP contribution in [0.15, 0.2) is 53.7 Å². The number of piperazine rings is 1. The Morgan fingerprint density at radius 1 is 1.08 bits per heavy atom. The molecule has 1 aromatic heterocycles. The van der Waals surface area contributed by atoms with Crippen molar-refractivity contribution in [2.75, 3.05) is 45.2 Å². The Labute approximate surface area is 155 Å². The van der Waals surface area contributed by atoms with Crippen molar-refractivity contribution in [3.63, 3.8) is 0 Å². The van der Waals surface area contributed by atoms with Gasteiger partial charge in [0, 0.05) is 53.1 Å². The van der Waals surface area contributed by atoms with E-state index in [-0.39, 0.29) is 0 Å². The van der Waals surface area contributed by atoms with Gasteiger partial charge in [0.05, 0.1) is 6.61 Å². The van der Waals surface area contributed by atoms with E-state index in [0.29, 0.717) is 6.61 Å². The number of anilines is 1. The quantitative estimate of drug-likeness (QED) is 0.659. The van der Waals surface area contributed by atoms with Crippen molar-refractivity contribution >= 4 is 11.8 Å². The molecule has 1 aromatic carbocycles. The average Bonchev–Trinajstić information content (AvgIpc) is 2.71. The van der Waals surface area contributed by atoms with Gasteiger partial charge in [-0.25, -0.2) is 4.98 Å². The molecular formula is C20H27N5O. The maximum atomic E-state index is 5.15. The van der Waals surface area contributed by atoms with Gasteiger partial charge in [-0.2, -0.15) is 0 Å². The standard InChI is InChI=1S/C20H27N5O/c1-21-20(23-15-17-6-8-18(9-7-17)16-26-2)25-13-11-24(12-14-25)19-5-3-4-10-22-19/h3-10H,11-16H2,1-2H3,(H,21,23). The summed E-state index contributed by atoms with van der Waals surface area (Å²) in [4.78, 5) is 13.5. The minimum atomic E-state index is 0.649. The number of aromatic nitrogens is 1. The molecule has 26 heavy (non-hydrogen) atoms. The third kappa shape index (κ3) is 4.73. The SMILES string of the molecule is CN=C(NCc1ccc(COC)cc1)N1CCN(c2ccccn2)CC1. The second kappa shape index (κ2) is 9.20. The molecule has 0 spiro atoms. The molecule has 1 aliphatic rings. The molecule has 0 bridgehead atoms.